The molecule has 0 aliphatic heterocycles. The highest BCUT2D eigenvalue weighted by Crippen LogP contribution is 2.28. The van der Waals surface area contributed by atoms with Crippen LogP contribution in [-0.4, -0.2) is 27.2 Å². The average Bonchev–Trinajstić information content (AvgIpc) is 3.07. The fourth-order valence-corrected chi connectivity index (χ4v) is 5.41. The van der Waals surface area contributed by atoms with Gasteiger partial charge in [0.05, 0.1) is 26.6 Å². The van der Waals surface area contributed by atoms with Gasteiger partial charge in [0.15, 0.2) is 5.58 Å². The summed E-state index contributed by atoms with van der Waals surface area (Å²) >= 11 is 8.22. The lowest BCUT2D eigenvalue weighted by Crippen LogP contribution is -2.33. The lowest BCUT2D eigenvalue weighted by molar-refractivity contribution is 0.0948. The molecule has 0 radical (unpaired) electrons. The third kappa shape index (κ3) is 4.59. The number of fused-ring (bicyclic) bond motifs is 1. The Hall–Kier alpha value is -2.63. The third-order valence-corrected chi connectivity index (χ3v) is 6.75. The molecule has 0 aliphatic rings. The first-order valence-electron chi connectivity index (χ1n) is 9.46. The summed E-state index contributed by atoms with van der Waals surface area (Å²) in [7, 11) is 0. The van der Waals surface area contributed by atoms with Crippen molar-refractivity contribution in [2.75, 3.05) is 6.54 Å². The minimum Gasteiger partial charge on any atom is -0.421 e. The van der Waals surface area contributed by atoms with Gasteiger partial charge in [-0.2, -0.15) is 5.10 Å². The molecular weight excluding hydrogens is 564 g/mol. The summed E-state index contributed by atoms with van der Waals surface area (Å²) in [6.07, 6.45) is 0. The predicted octanol–water partition coefficient (Wildman–Crippen LogP) is 4.05. The van der Waals surface area contributed by atoms with E-state index in [0.717, 1.165) is 20.1 Å². The van der Waals surface area contributed by atoms with Gasteiger partial charge >= 0.3 is 5.63 Å². The Labute approximate surface area is 202 Å². The van der Waals surface area contributed by atoms with Crippen LogP contribution in [0.3, 0.4) is 0 Å². The minimum atomic E-state index is -0.744. The van der Waals surface area contributed by atoms with Gasteiger partial charge in [-0.25, -0.2) is 14.5 Å². The van der Waals surface area contributed by atoms with Gasteiger partial charge in [-0.05, 0) is 54.0 Å². The van der Waals surface area contributed by atoms with Crippen molar-refractivity contribution >= 4 is 60.1 Å². The van der Waals surface area contributed by atoms with Crippen molar-refractivity contribution in [2.45, 2.75) is 20.4 Å². The first-order chi connectivity index (χ1) is 15.2. The average molecular weight is 580 g/mol. The Balaban J connectivity index is 1.51. The molecule has 0 unspecified atom stereocenters. The number of aryl methyl sites for hydroxylation is 2. The topological polar surface area (TPSA) is 107 Å². The van der Waals surface area contributed by atoms with Crippen molar-refractivity contribution in [2.24, 2.45) is 0 Å². The fourth-order valence-electron chi connectivity index (χ4n) is 3.19. The number of halogens is 2. The van der Waals surface area contributed by atoms with Gasteiger partial charge in [0.25, 0.3) is 11.5 Å². The summed E-state index contributed by atoms with van der Waals surface area (Å²) in [6, 6.07) is 8.07. The number of nitrogens with one attached hydrogen (secondary N) is 1. The van der Waals surface area contributed by atoms with Crippen molar-refractivity contribution in [1.29, 1.82) is 0 Å². The second kappa shape index (κ2) is 9.08. The van der Waals surface area contributed by atoms with E-state index in [1.165, 1.54) is 28.2 Å². The summed E-state index contributed by atoms with van der Waals surface area (Å²) in [5.41, 5.74) is 0.696. The second-order valence-electron chi connectivity index (χ2n) is 6.94. The van der Waals surface area contributed by atoms with E-state index in [1.54, 1.807) is 18.2 Å². The first kappa shape index (κ1) is 22.6. The molecule has 0 saturated heterocycles. The standard InChI is InChI=1S/C21H16Br2N4O4S/c1-10-19(32-11(2)25-10)16-3-4-17(28)27(26-16)6-5-24-20(29)14-8-12-7-13(22)9-15(23)18(12)31-21(14)30/h3-4,7-9H,5-6H2,1-2H3,(H,24,29). The van der Waals surface area contributed by atoms with Gasteiger partial charge in [0, 0.05) is 22.5 Å². The lowest BCUT2D eigenvalue weighted by atomic mass is 10.2. The molecule has 164 valence electrons. The van der Waals surface area contributed by atoms with E-state index in [1.807, 2.05) is 13.8 Å². The van der Waals surface area contributed by atoms with Crippen LogP contribution in [0.4, 0.5) is 0 Å². The highest BCUT2D eigenvalue weighted by Gasteiger charge is 2.16. The number of amides is 1. The smallest absolute Gasteiger partial charge is 0.349 e. The number of rotatable bonds is 5. The van der Waals surface area contributed by atoms with Crippen LogP contribution in [0, 0.1) is 13.8 Å². The Bertz CT molecular complexity index is 1480. The molecule has 0 aliphatic carbocycles. The normalized spacial score (nSPS) is 11.1. The predicted molar refractivity (Wildman–Crippen MR) is 129 cm³/mol. The number of hydrogen-bond donors (Lipinski definition) is 1. The molecule has 4 rings (SSSR count). The van der Waals surface area contributed by atoms with Crippen LogP contribution in [0.2, 0.25) is 0 Å². The van der Waals surface area contributed by atoms with Crippen molar-refractivity contribution in [3.63, 3.8) is 0 Å². The summed E-state index contributed by atoms with van der Waals surface area (Å²) < 4.78 is 7.96. The molecule has 8 nitrogen and oxygen atoms in total. The molecular formula is C21H16Br2N4O4S. The number of nitrogens with zero attached hydrogens (tertiary/aromatic N) is 3. The number of carbonyl (C=O) groups excluding carboxylic acids is 1. The number of aromatic nitrogens is 3. The van der Waals surface area contributed by atoms with Crippen molar-refractivity contribution in [1.82, 2.24) is 20.1 Å². The monoisotopic (exact) mass is 578 g/mol. The quantitative estimate of drug-likeness (QED) is 0.358. The van der Waals surface area contributed by atoms with Gasteiger partial charge < -0.3 is 9.73 Å². The van der Waals surface area contributed by atoms with E-state index in [-0.39, 0.29) is 24.2 Å². The second-order valence-corrected chi connectivity index (χ2v) is 9.91. The number of benzene rings is 1. The molecule has 0 atom stereocenters. The van der Waals surface area contributed by atoms with E-state index in [9.17, 15) is 14.4 Å². The van der Waals surface area contributed by atoms with Crippen molar-refractivity contribution < 1.29 is 9.21 Å². The molecule has 0 bridgehead atoms. The molecule has 3 aromatic heterocycles. The Kier molecular flexibility index (Phi) is 6.40. The lowest BCUT2D eigenvalue weighted by Gasteiger charge is -2.08. The molecule has 4 aromatic rings. The van der Waals surface area contributed by atoms with Crippen LogP contribution in [0.15, 0.2) is 53.3 Å². The summed E-state index contributed by atoms with van der Waals surface area (Å²) in [5.74, 6) is -0.588. The van der Waals surface area contributed by atoms with Gasteiger partial charge in [0.1, 0.15) is 11.3 Å². The van der Waals surface area contributed by atoms with Gasteiger partial charge in [-0.15, -0.1) is 11.3 Å². The number of thiazole rings is 1. The van der Waals surface area contributed by atoms with Crippen molar-refractivity contribution in [3.8, 4) is 10.6 Å². The van der Waals surface area contributed by atoms with E-state index in [2.05, 4.69) is 47.3 Å². The summed E-state index contributed by atoms with van der Waals surface area (Å²) in [6.45, 7) is 4.05. The zero-order valence-electron chi connectivity index (χ0n) is 16.9. The van der Waals surface area contributed by atoms with Crippen LogP contribution >= 0.6 is 43.2 Å². The minimum absolute atomic E-state index is 0.107. The molecule has 1 aromatic carbocycles. The largest absolute Gasteiger partial charge is 0.421 e. The first-order valence-corrected chi connectivity index (χ1v) is 11.9. The molecule has 32 heavy (non-hydrogen) atoms. The van der Waals surface area contributed by atoms with Gasteiger partial charge in [-0.1, -0.05) is 15.9 Å². The van der Waals surface area contributed by atoms with Crippen LogP contribution in [-0.2, 0) is 6.54 Å². The van der Waals surface area contributed by atoms with Gasteiger partial charge in [-0.3, -0.25) is 9.59 Å². The Morgan fingerprint density at radius 2 is 1.97 bits per heavy atom. The maximum absolute atomic E-state index is 12.6. The third-order valence-electron chi connectivity index (χ3n) is 4.61. The number of hydrogen-bond acceptors (Lipinski definition) is 7. The van der Waals surface area contributed by atoms with Crippen LogP contribution in [0.25, 0.3) is 21.5 Å². The molecule has 1 N–H and O–H groups in total. The SMILES string of the molecule is Cc1nc(C)c(-c2ccc(=O)n(CCNC(=O)c3cc4cc(Br)cc(Br)c4oc3=O)n2)s1. The molecule has 1 amide bonds. The zero-order chi connectivity index (χ0) is 23.0. The highest BCUT2D eigenvalue weighted by atomic mass is 79.9. The van der Waals surface area contributed by atoms with E-state index in [0.29, 0.717) is 21.1 Å². The zero-order valence-corrected chi connectivity index (χ0v) is 20.9. The molecule has 3 heterocycles. The summed E-state index contributed by atoms with van der Waals surface area (Å²) in [5, 5.41) is 8.56. The van der Waals surface area contributed by atoms with E-state index >= 15 is 0 Å². The van der Waals surface area contributed by atoms with E-state index < -0.39 is 11.5 Å². The van der Waals surface area contributed by atoms with Crippen LogP contribution < -0.4 is 16.5 Å². The van der Waals surface area contributed by atoms with Crippen LogP contribution in [0.5, 0.6) is 0 Å². The number of carbonyl (C=O) groups is 1. The maximum Gasteiger partial charge on any atom is 0.349 e. The summed E-state index contributed by atoms with van der Waals surface area (Å²) in [4.78, 5) is 42.4. The van der Waals surface area contributed by atoms with Crippen LogP contribution in [0.1, 0.15) is 21.1 Å². The van der Waals surface area contributed by atoms with Gasteiger partial charge in [0.2, 0.25) is 0 Å². The van der Waals surface area contributed by atoms with E-state index in [4.69, 9.17) is 4.42 Å². The Morgan fingerprint density at radius 1 is 1.19 bits per heavy atom. The maximum atomic E-state index is 12.6. The molecule has 11 heteroatoms. The molecule has 0 fully saturated rings. The molecule has 0 spiro atoms. The Morgan fingerprint density at radius 3 is 2.69 bits per heavy atom. The van der Waals surface area contributed by atoms with Crippen molar-refractivity contribution in [3.05, 3.63) is 76.3 Å². The molecule has 0 saturated carbocycles. The fraction of sp³-hybridized carbons (Fsp3) is 0.190. The highest BCUT2D eigenvalue weighted by molar-refractivity contribution is 9.11.